The lowest BCUT2D eigenvalue weighted by Crippen LogP contribution is -2.32. The molecule has 0 aliphatic carbocycles. The van der Waals surface area contributed by atoms with Crippen LogP contribution in [-0.4, -0.2) is 30.7 Å². The van der Waals surface area contributed by atoms with Crippen molar-refractivity contribution in [3.8, 4) is 0 Å². The minimum absolute atomic E-state index is 0.0365. The zero-order chi connectivity index (χ0) is 11.8. The zero-order valence-electron chi connectivity index (χ0n) is 9.27. The normalized spacial score (nSPS) is 18.9. The highest BCUT2D eigenvalue weighted by Crippen LogP contribution is 2.25. The fourth-order valence-corrected chi connectivity index (χ4v) is 2.97. The summed E-state index contributed by atoms with van der Waals surface area (Å²) >= 11 is 2.34. The summed E-state index contributed by atoms with van der Waals surface area (Å²) in [6.45, 7) is 2.06. The van der Waals surface area contributed by atoms with Crippen molar-refractivity contribution in [2.75, 3.05) is 13.1 Å². The number of fused-ring (bicyclic) bond motifs is 1. The molecule has 0 amide bonds. The largest absolute Gasteiger partial charge is 0.327 e. The molecule has 3 heterocycles. The summed E-state index contributed by atoms with van der Waals surface area (Å²) in [4.78, 5) is 19.0. The van der Waals surface area contributed by atoms with Gasteiger partial charge in [-0.15, -0.1) is 0 Å². The molecule has 1 fully saturated rings. The van der Waals surface area contributed by atoms with Gasteiger partial charge in [-0.25, -0.2) is 12.9 Å². The number of halogens is 1. The number of imidazole rings is 1. The van der Waals surface area contributed by atoms with Crippen LogP contribution in [0.2, 0.25) is 0 Å². The van der Waals surface area contributed by atoms with Crippen molar-refractivity contribution in [3.63, 3.8) is 0 Å². The molecule has 5 nitrogen and oxygen atoms in total. The first-order valence-electron chi connectivity index (χ1n) is 5.71. The minimum atomic E-state index is -0.0365. The topological polar surface area (TPSA) is 53.9 Å². The molecule has 3 rings (SSSR count). The number of rotatable bonds is 1. The Bertz CT molecular complexity index is 582. The van der Waals surface area contributed by atoms with Crippen LogP contribution in [0, 0.1) is 0 Å². The Balaban J connectivity index is 2.05. The van der Waals surface area contributed by atoms with E-state index in [1.807, 2.05) is 16.7 Å². The molecule has 0 saturated carbocycles. The number of H-pyrrole nitrogens is 1. The molecular weight excluding hydrogens is 331 g/mol. The minimum Gasteiger partial charge on any atom is -0.290 e. The molecule has 1 aliphatic rings. The summed E-state index contributed by atoms with van der Waals surface area (Å²) < 4.78 is 4.14. The number of aromatic nitrogens is 3. The van der Waals surface area contributed by atoms with Gasteiger partial charge in [0.2, 0.25) is 0 Å². The third-order valence-corrected chi connectivity index (χ3v) is 4.23. The number of nitrogens with zero attached hydrogens (tertiary/aromatic N) is 3. The molecule has 1 saturated heterocycles. The number of pyridine rings is 1. The van der Waals surface area contributed by atoms with Gasteiger partial charge in [0.1, 0.15) is 0 Å². The van der Waals surface area contributed by atoms with E-state index in [1.54, 1.807) is 6.20 Å². The molecule has 90 valence electrons. The molecule has 6 heteroatoms. The van der Waals surface area contributed by atoms with Crippen molar-refractivity contribution in [1.29, 1.82) is 0 Å². The van der Waals surface area contributed by atoms with E-state index in [4.69, 9.17) is 0 Å². The van der Waals surface area contributed by atoms with Crippen molar-refractivity contribution >= 4 is 34.0 Å². The molecule has 0 bridgehead atoms. The molecule has 1 aliphatic heterocycles. The number of hydrogen-bond donors (Lipinski definition) is 1. The van der Waals surface area contributed by atoms with Crippen molar-refractivity contribution < 1.29 is 0 Å². The van der Waals surface area contributed by atoms with E-state index in [9.17, 15) is 4.79 Å². The molecular formula is C11H13IN4O. The standard InChI is InChI=1S/C11H13IN4O/c12-15-6-3-8(4-7-15)16-9-2-1-5-13-10(9)14-11(16)17/h1-2,5,8H,3-4,6-7H2,(H,13,14,17). The first-order chi connectivity index (χ1) is 8.25. The van der Waals surface area contributed by atoms with Gasteiger partial charge in [0.05, 0.1) is 5.52 Å². The Hall–Kier alpha value is -0.890. The average Bonchev–Trinajstić information content (AvgIpc) is 2.66. The molecule has 17 heavy (non-hydrogen) atoms. The second kappa shape index (κ2) is 4.41. The number of aromatic amines is 1. The van der Waals surface area contributed by atoms with Crippen LogP contribution in [0.1, 0.15) is 18.9 Å². The summed E-state index contributed by atoms with van der Waals surface area (Å²) in [6.07, 6.45) is 3.74. The second-order valence-electron chi connectivity index (χ2n) is 4.31. The highest BCUT2D eigenvalue weighted by molar-refractivity contribution is 14.1. The van der Waals surface area contributed by atoms with Crippen molar-refractivity contribution in [3.05, 3.63) is 28.8 Å². The van der Waals surface area contributed by atoms with Gasteiger partial charge in [0.25, 0.3) is 0 Å². The first kappa shape index (κ1) is 11.2. The van der Waals surface area contributed by atoms with Crippen molar-refractivity contribution in [2.45, 2.75) is 18.9 Å². The van der Waals surface area contributed by atoms with E-state index in [1.165, 1.54) is 0 Å². The van der Waals surface area contributed by atoms with Crippen LogP contribution in [0.4, 0.5) is 0 Å². The fraction of sp³-hybridized carbons (Fsp3) is 0.455. The Morgan fingerprint density at radius 3 is 2.94 bits per heavy atom. The maximum atomic E-state index is 12.0. The molecule has 0 spiro atoms. The Kier molecular flexibility index (Phi) is 2.91. The SMILES string of the molecule is O=c1[nH]c2ncccc2n1C1CCN(I)CC1. The van der Waals surface area contributed by atoms with Gasteiger partial charge >= 0.3 is 5.69 Å². The van der Waals surface area contributed by atoms with E-state index in [0.717, 1.165) is 31.4 Å². The lowest BCUT2D eigenvalue weighted by molar-refractivity contribution is 0.307. The summed E-state index contributed by atoms with van der Waals surface area (Å²) in [5.74, 6) is 0. The monoisotopic (exact) mass is 344 g/mol. The van der Waals surface area contributed by atoms with Gasteiger partial charge < -0.3 is 0 Å². The number of hydrogen-bond acceptors (Lipinski definition) is 3. The van der Waals surface area contributed by atoms with Crippen LogP contribution < -0.4 is 5.69 Å². The third-order valence-electron chi connectivity index (χ3n) is 3.27. The van der Waals surface area contributed by atoms with Crippen LogP contribution in [-0.2, 0) is 0 Å². The predicted octanol–water partition coefficient (Wildman–Crippen LogP) is 1.71. The third kappa shape index (κ3) is 1.99. The van der Waals surface area contributed by atoms with Gasteiger partial charge in [-0.3, -0.25) is 9.55 Å². The van der Waals surface area contributed by atoms with Crippen molar-refractivity contribution in [2.24, 2.45) is 0 Å². The maximum absolute atomic E-state index is 12.0. The van der Waals surface area contributed by atoms with Crippen LogP contribution in [0.5, 0.6) is 0 Å². The van der Waals surface area contributed by atoms with Gasteiger partial charge in [-0.1, -0.05) is 0 Å². The average molecular weight is 344 g/mol. The molecule has 1 N–H and O–H groups in total. The summed E-state index contributed by atoms with van der Waals surface area (Å²) in [5, 5.41) is 0. The van der Waals surface area contributed by atoms with Crippen LogP contribution >= 0.6 is 22.9 Å². The molecule has 0 aromatic carbocycles. The Labute approximate surface area is 112 Å². The van der Waals surface area contributed by atoms with E-state index in [-0.39, 0.29) is 5.69 Å². The smallest absolute Gasteiger partial charge is 0.290 e. The van der Waals surface area contributed by atoms with Gasteiger partial charge in [0.15, 0.2) is 5.65 Å². The lowest BCUT2D eigenvalue weighted by Gasteiger charge is -2.28. The molecule has 2 aromatic heterocycles. The van der Waals surface area contributed by atoms with E-state index in [0.29, 0.717) is 11.7 Å². The Morgan fingerprint density at radius 2 is 2.18 bits per heavy atom. The predicted molar refractivity (Wildman–Crippen MR) is 74.2 cm³/mol. The van der Waals surface area contributed by atoms with E-state index in [2.05, 4.69) is 35.9 Å². The van der Waals surface area contributed by atoms with Crippen LogP contribution in [0.25, 0.3) is 11.2 Å². The highest BCUT2D eigenvalue weighted by atomic mass is 127. The van der Waals surface area contributed by atoms with E-state index >= 15 is 0 Å². The molecule has 2 aromatic rings. The van der Waals surface area contributed by atoms with Gasteiger partial charge in [-0.05, 0) is 25.0 Å². The second-order valence-corrected chi connectivity index (χ2v) is 5.68. The molecule has 0 radical (unpaired) electrons. The van der Waals surface area contributed by atoms with Crippen molar-refractivity contribution in [1.82, 2.24) is 17.6 Å². The van der Waals surface area contributed by atoms with E-state index < -0.39 is 0 Å². The maximum Gasteiger partial charge on any atom is 0.327 e. The molecule has 0 atom stereocenters. The quantitative estimate of drug-likeness (QED) is 0.633. The summed E-state index contributed by atoms with van der Waals surface area (Å²) in [7, 11) is 0. The van der Waals surface area contributed by atoms with Gasteiger partial charge in [-0.2, -0.15) is 0 Å². The fourth-order valence-electron chi connectivity index (χ4n) is 2.41. The highest BCUT2D eigenvalue weighted by Gasteiger charge is 2.22. The summed E-state index contributed by atoms with van der Waals surface area (Å²) in [6, 6.07) is 4.13. The molecule has 0 unspecified atom stereocenters. The number of piperidine rings is 1. The van der Waals surface area contributed by atoms with Crippen LogP contribution in [0.15, 0.2) is 23.1 Å². The Morgan fingerprint density at radius 1 is 1.41 bits per heavy atom. The first-order valence-corrected chi connectivity index (χ1v) is 6.68. The zero-order valence-corrected chi connectivity index (χ0v) is 11.4. The number of nitrogens with one attached hydrogen (secondary N) is 1. The lowest BCUT2D eigenvalue weighted by atomic mass is 10.1. The van der Waals surface area contributed by atoms with Crippen LogP contribution in [0.3, 0.4) is 0 Å². The van der Waals surface area contributed by atoms with Gasteiger partial charge in [0, 0.05) is 48.2 Å². The summed E-state index contributed by atoms with van der Waals surface area (Å²) in [5.41, 5.74) is 1.57.